The summed E-state index contributed by atoms with van der Waals surface area (Å²) in [5.41, 5.74) is 2.97. The van der Waals surface area contributed by atoms with Crippen LogP contribution in [0.5, 0.6) is 0 Å². The van der Waals surface area contributed by atoms with Gasteiger partial charge in [0.15, 0.2) is 5.78 Å². The molecule has 2 aromatic rings. The number of rotatable bonds is 5. The van der Waals surface area contributed by atoms with Crippen LogP contribution in [-0.2, 0) is 11.2 Å². The average Bonchev–Trinajstić information content (AvgIpc) is 3.35. The molecule has 4 nitrogen and oxygen atoms in total. The summed E-state index contributed by atoms with van der Waals surface area (Å²) in [7, 11) is 0. The predicted molar refractivity (Wildman–Crippen MR) is 189 cm³/mol. The van der Waals surface area contributed by atoms with Crippen LogP contribution in [0.25, 0.3) is 11.8 Å². The fourth-order valence-corrected chi connectivity index (χ4v) is 5.51. The molecular weight excluding hydrogens is 620 g/mol. The number of ketones is 1. The van der Waals surface area contributed by atoms with E-state index in [1.54, 1.807) is 25.1 Å². The minimum Gasteiger partial charge on any atom is -0.380 e. The fourth-order valence-electron chi connectivity index (χ4n) is 4.59. The third kappa shape index (κ3) is 11.4. The molecule has 0 saturated carbocycles. The fraction of sp³-hybridized carbons (Fsp3) is 0.371. The Balaban J connectivity index is 0.00000122. The summed E-state index contributed by atoms with van der Waals surface area (Å²) < 4.78 is 2.06. The molecule has 1 aromatic heterocycles. The standard InChI is InChI=1S/C28H27Cl4N3O.C3H4.2C2H6/c1-28(2)15-23-26(24(36)16-28)27(21-10-9-19(31)14-22(21)32)33-13-4-3-7-20-17-35(23)25(34-20)8-5-6-18(30)11-12-29;1-3-2;2*1-2/h3-7,9-11,13-14,17,27,33H,8,12,15-16H2,1-2H3;1H,2H3;2*1-2H3/b6-5-,7-3-,13-4+,18-11+;;;. The number of imidazole rings is 1. The second-order valence-corrected chi connectivity index (χ2v) is 11.5. The maximum atomic E-state index is 13.8. The van der Waals surface area contributed by atoms with Gasteiger partial charge in [-0.25, -0.2) is 4.98 Å². The zero-order valence-corrected chi connectivity index (χ0v) is 29.2. The van der Waals surface area contributed by atoms with E-state index in [4.69, 9.17) is 51.4 Å². The number of nitrogens with zero attached hydrogens (tertiary/aromatic N) is 2. The van der Waals surface area contributed by atoms with Crippen molar-refractivity contribution in [1.82, 2.24) is 14.9 Å². The normalized spacial score (nSPS) is 18.6. The summed E-state index contributed by atoms with van der Waals surface area (Å²) in [4.78, 5) is 18.6. The first-order valence-corrected chi connectivity index (χ1v) is 16.1. The molecule has 0 saturated heterocycles. The zero-order valence-electron chi connectivity index (χ0n) is 26.1. The van der Waals surface area contributed by atoms with E-state index in [9.17, 15) is 4.79 Å². The van der Waals surface area contributed by atoms with Gasteiger partial charge in [0.25, 0.3) is 0 Å². The van der Waals surface area contributed by atoms with Crippen LogP contribution in [0.1, 0.15) is 84.4 Å². The third-order valence-corrected chi connectivity index (χ3v) is 7.13. The molecule has 1 atom stereocenters. The van der Waals surface area contributed by atoms with Gasteiger partial charge in [-0.2, -0.15) is 0 Å². The SMILES string of the molecule is C#CC.CC.CC.CC1(C)CC(=O)C2=C(C1)n1cc(nc1C/C=C\C(Cl)=C/CCl)/C=C\C=C\NC2c1ccc(Cl)cc1Cl. The first kappa shape index (κ1) is 38.3. The number of hydrogen-bond donors (Lipinski definition) is 1. The highest BCUT2D eigenvalue weighted by Crippen LogP contribution is 2.44. The third-order valence-electron chi connectivity index (χ3n) is 6.13. The molecule has 1 N–H and O–H groups in total. The van der Waals surface area contributed by atoms with Crippen molar-refractivity contribution in [3.05, 3.63) is 98.7 Å². The summed E-state index contributed by atoms with van der Waals surface area (Å²) in [5, 5.41) is 5.03. The number of allylic oxidation sites excluding steroid dienone is 7. The minimum atomic E-state index is -0.452. The van der Waals surface area contributed by atoms with E-state index in [0.29, 0.717) is 45.8 Å². The number of aromatic nitrogens is 2. The van der Waals surface area contributed by atoms with E-state index < -0.39 is 6.04 Å². The average molecular weight is 664 g/mol. The lowest BCUT2D eigenvalue weighted by Crippen LogP contribution is -2.33. The first-order valence-electron chi connectivity index (χ1n) is 14.4. The number of hydrogen-bond acceptors (Lipinski definition) is 3. The number of halogens is 4. The van der Waals surface area contributed by atoms with E-state index >= 15 is 0 Å². The van der Waals surface area contributed by atoms with E-state index in [1.807, 2.05) is 76.5 Å². The van der Waals surface area contributed by atoms with Gasteiger partial charge >= 0.3 is 0 Å². The largest absolute Gasteiger partial charge is 0.380 e. The molecule has 1 unspecified atom stereocenters. The van der Waals surface area contributed by atoms with Gasteiger partial charge in [-0.3, -0.25) is 4.79 Å². The maximum absolute atomic E-state index is 13.8. The smallest absolute Gasteiger partial charge is 0.163 e. The second kappa shape index (κ2) is 19.6. The molecular formula is C35H43Cl4N3O. The molecule has 0 amide bonds. The van der Waals surface area contributed by atoms with Crippen LogP contribution < -0.4 is 5.32 Å². The number of fused-ring (bicyclic) bond motifs is 3. The van der Waals surface area contributed by atoms with E-state index in [1.165, 1.54) is 0 Å². The van der Waals surface area contributed by atoms with Crippen molar-refractivity contribution in [3.63, 3.8) is 0 Å². The van der Waals surface area contributed by atoms with E-state index in [2.05, 4.69) is 36.1 Å². The molecule has 4 rings (SSSR count). The van der Waals surface area contributed by atoms with Crippen LogP contribution in [0, 0.1) is 17.8 Å². The van der Waals surface area contributed by atoms with Gasteiger partial charge < -0.3 is 9.88 Å². The number of benzene rings is 1. The van der Waals surface area contributed by atoms with Gasteiger partial charge in [0.05, 0.1) is 11.7 Å². The van der Waals surface area contributed by atoms with Gasteiger partial charge in [0, 0.05) is 51.3 Å². The molecule has 1 aromatic carbocycles. The molecule has 1 aliphatic heterocycles. The number of Topliss-reactive ketones (excluding diaryl/α,β-unsaturated/α-hetero) is 1. The molecule has 8 heteroatoms. The van der Waals surface area contributed by atoms with Crippen LogP contribution in [0.2, 0.25) is 10.0 Å². The lowest BCUT2D eigenvalue weighted by molar-refractivity contribution is -0.118. The summed E-state index contributed by atoms with van der Waals surface area (Å²) in [6.45, 7) is 13.9. The van der Waals surface area contributed by atoms with Gasteiger partial charge in [-0.05, 0) is 60.9 Å². The Morgan fingerprint density at radius 2 is 1.86 bits per heavy atom. The minimum absolute atomic E-state index is 0.0789. The molecule has 2 heterocycles. The van der Waals surface area contributed by atoms with Crippen molar-refractivity contribution in [2.75, 3.05) is 5.88 Å². The second-order valence-electron chi connectivity index (χ2n) is 9.88. The van der Waals surface area contributed by atoms with Crippen molar-refractivity contribution in [2.45, 2.75) is 73.8 Å². The van der Waals surface area contributed by atoms with Crippen LogP contribution in [0.4, 0.5) is 0 Å². The first-order chi connectivity index (χ1) is 20.6. The Kier molecular flexibility index (Phi) is 17.4. The van der Waals surface area contributed by atoms with Gasteiger partial charge in [-0.15, -0.1) is 23.9 Å². The van der Waals surface area contributed by atoms with E-state index in [0.717, 1.165) is 22.8 Å². The molecule has 232 valence electrons. The molecule has 0 fully saturated rings. The van der Waals surface area contributed by atoms with Crippen molar-refractivity contribution in [1.29, 1.82) is 0 Å². The Morgan fingerprint density at radius 3 is 2.49 bits per heavy atom. The van der Waals surface area contributed by atoms with Gasteiger partial charge in [0.1, 0.15) is 5.82 Å². The number of nitrogens with one attached hydrogen (secondary N) is 1. The van der Waals surface area contributed by atoms with Gasteiger partial charge in [-0.1, -0.05) is 101 Å². The molecule has 1 aliphatic carbocycles. The van der Waals surface area contributed by atoms with Crippen LogP contribution >= 0.6 is 46.4 Å². The Bertz CT molecular complexity index is 1400. The summed E-state index contributed by atoms with van der Waals surface area (Å²) in [6, 6.07) is 4.92. The van der Waals surface area contributed by atoms with Crippen molar-refractivity contribution in [3.8, 4) is 12.3 Å². The van der Waals surface area contributed by atoms with Crippen molar-refractivity contribution >= 4 is 64.0 Å². The number of terminal acetylenes is 1. The quantitative estimate of drug-likeness (QED) is 0.197. The molecule has 2 aliphatic rings. The summed E-state index contributed by atoms with van der Waals surface area (Å²) in [5.74, 6) is 3.48. The van der Waals surface area contributed by atoms with E-state index in [-0.39, 0.29) is 11.2 Å². The van der Waals surface area contributed by atoms with Crippen LogP contribution in [0.15, 0.2) is 71.6 Å². The van der Waals surface area contributed by atoms with Crippen molar-refractivity contribution in [2.24, 2.45) is 5.41 Å². The van der Waals surface area contributed by atoms with Crippen molar-refractivity contribution < 1.29 is 4.79 Å². The molecule has 0 radical (unpaired) electrons. The Hall–Kier alpha value is -2.68. The summed E-state index contributed by atoms with van der Waals surface area (Å²) >= 11 is 24.8. The lowest BCUT2D eigenvalue weighted by atomic mass is 9.73. The monoisotopic (exact) mass is 661 g/mol. The Labute approximate surface area is 278 Å². The van der Waals surface area contributed by atoms with Crippen LogP contribution in [-0.4, -0.2) is 21.2 Å². The summed E-state index contributed by atoms with van der Waals surface area (Å²) in [6.07, 6.45) is 21.3. The number of carbonyl (C=O) groups is 1. The number of carbonyl (C=O) groups excluding carboxylic acids is 1. The van der Waals surface area contributed by atoms with Crippen LogP contribution in [0.3, 0.4) is 0 Å². The number of alkyl halides is 1. The predicted octanol–water partition coefficient (Wildman–Crippen LogP) is 10.8. The highest BCUT2D eigenvalue weighted by Gasteiger charge is 2.38. The lowest BCUT2D eigenvalue weighted by Gasteiger charge is -2.36. The zero-order chi connectivity index (χ0) is 32.6. The van der Waals surface area contributed by atoms with Gasteiger partial charge in [0.2, 0.25) is 0 Å². The highest BCUT2D eigenvalue weighted by molar-refractivity contribution is 6.35. The molecule has 43 heavy (non-hydrogen) atoms. The highest BCUT2D eigenvalue weighted by atomic mass is 35.5. The maximum Gasteiger partial charge on any atom is 0.163 e. The molecule has 2 bridgehead atoms. The topological polar surface area (TPSA) is 46.9 Å². The molecule has 0 spiro atoms. The Morgan fingerprint density at radius 1 is 1.19 bits per heavy atom.